The summed E-state index contributed by atoms with van der Waals surface area (Å²) in [5, 5.41) is 9.49. The van der Waals surface area contributed by atoms with Crippen molar-refractivity contribution in [3.8, 4) is 0 Å². The summed E-state index contributed by atoms with van der Waals surface area (Å²) in [6, 6.07) is 9.11. The topological polar surface area (TPSA) is 57.6 Å². The van der Waals surface area contributed by atoms with Gasteiger partial charge < -0.3 is 10.0 Å². The fourth-order valence-corrected chi connectivity index (χ4v) is 3.19. The van der Waals surface area contributed by atoms with Crippen molar-refractivity contribution >= 4 is 11.9 Å². The highest BCUT2D eigenvalue weighted by Crippen LogP contribution is 2.44. The molecule has 21 heavy (non-hydrogen) atoms. The molecular weight excluding hydrogens is 273 g/mol. The third kappa shape index (κ3) is 2.30. The summed E-state index contributed by atoms with van der Waals surface area (Å²) in [7, 11) is 0. The van der Waals surface area contributed by atoms with E-state index in [-0.39, 0.29) is 19.0 Å². The first-order valence-electron chi connectivity index (χ1n) is 7.14. The lowest BCUT2D eigenvalue weighted by Gasteiger charge is -2.28. The molecule has 2 rings (SSSR count). The predicted octanol–water partition coefficient (Wildman–Crippen LogP) is 2.66. The highest BCUT2D eigenvalue weighted by Gasteiger charge is 2.59. The van der Waals surface area contributed by atoms with Gasteiger partial charge in [0, 0.05) is 12.5 Å². The number of hydrogen-bond acceptors (Lipinski definition) is 2. The van der Waals surface area contributed by atoms with E-state index < -0.39 is 29.9 Å². The van der Waals surface area contributed by atoms with Gasteiger partial charge in [-0.3, -0.25) is 14.0 Å². The number of rotatable bonds is 5. The predicted molar refractivity (Wildman–Crippen MR) is 76.4 cm³/mol. The number of alkyl halides is 1. The lowest BCUT2D eigenvalue weighted by Crippen LogP contribution is -2.44. The average molecular weight is 293 g/mol. The summed E-state index contributed by atoms with van der Waals surface area (Å²) >= 11 is 0. The minimum absolute atomic E-state index is 0.105. The number of amides is 1. The van der Waals surface area contributed by atoms with Gasteiger partial charge in [-0.2, -0.15) is 0 Å². The molecule has 114 valence electrons. The summed E-state index contributed by atoms with van der Waals surface area (Å²) in [6.45, 7) is 2.82. The summed E-state index contributed by atoms with van der Waals surface area (Å²) in [5.74, 6) is -2.49. The van der Waals surface area contributed by atoms with E-state index in [1.807, 2.05) is 37.3 Å². The third-order valence-corrected chi connectivity index (χ3v) is 4.63. The number of aliphatic carboxylic acids is 1. The molecule has 0 saturated carbocycles. The molecule has 0 unspecified atom stereocenters. The van der Waals surface area contributed by atoms with Gasteiger partial charge in [0.15, 0.2) is 5.41 Å². The smallest absolute Gasteiger partial charge is 0.319 e. The van der Waals surface area contributed by atoms with E-state index in [1.165, 1.54) is 4.90 Å². The molecule has 1 saturated heterocycles. The van der Waals surface area contributed by atoms with Crippen LogP contribution in [0.25, 0.3) is 0 Å². The number of hydrogen-bond donors (Lipinski definition) is 1. The number of nitrogens with zero attached hydrogens (tertiary/aromatic N) is 1. The Labute approximate surface area is 123 Å². The number of benzene rings is 1. The van der Waals surface area contributed by atoms with Gasteiger partial charge >= 0.3 is 5.97 Å². The van der Waals surface area contributed by atoms with Gasteiger partial charge in [0.1, 0.15) is 0 Å². The molecule has 0 aromatic heterocycles. The van der Waals surface area contributed by atoms with E-state index in [1.54, 1.807) is 6.92 Å². The number of carbonyl (C=O) groups is 2. The number of carboxylic acids is 1. The van der Waals surface area contributed by atoms with Crippen LogP contribution in [-0.2, 0) is 9.59 Å². The van der Waals surface area contributed by atoms with Crippen LogP contribution in [0, 0.1) is 11.3 Å². The Balaban J connectivity index is 2.36. The van der Waals surface area contributed by atoms with Crippen LogP contribution in [0.5, 0.6) is 0 Å². The molecule has 1 heterocycles. The number of likely N-dealkylation sites (tertiary alicyclic amines) is 1. The van der Waals surface area contributed by atoms with E-state index in [0.717, 1.165) is 5.56 Å². The van der Waals surface area contributed by atoms with E-state index in [4.69, 9.17) is 0 Å². The van der Waals surface area contributed by atoms with Crippen LogP contribution in [0.1, 0.15) is 31.9 Å². The summed E-state index contributed by atoms with van der Waals surface area (Å²) in [5.41, 5.74) is -0.710. The molecule has 1 N–H and O–H groups in total. The van der Waals surface area contributed by atoms with Crippen LogP contribution in [0.2, 0.25) is 0 Å². The molecule has 1 aromatic carbocycles. The molecule has 0 radical (unpaired) electrons. The Morgan fingerprint density at radius 2 is 2.10 bits per heavy atom. The average Bonchev–Trinajstić information content (AvgIpc) is 2.80. The van der Waals surface area contributed by atoms with Crippen molar-refractivity contribution in [1.29, 1.82) is 0 Å². The summed E-state index contributed by atoms with van der Waals surface area (Å²) < 4.78 is 13.3. The van der Waals surface area contributed by atoms with Crippen molar-refractivity contribution < 1.29 is 19.1 Å². The van der Waals surface area contributed by atoms with Crippen molar-refractivity contribution in [3.63, 3.8) is 0 Å². The summed E-state index contributed by atoms with van der Waals surface area (Å²) in [6.07, 6.45) is 0.105. The normalized spacial score (nSPS) is 26.9. The Morgan fingerprint density at radius 1 is 1.48 bits per heavy atom. The van der Waals surface area contributed by atoms with Gasteiger partial charge in [0.05, 0.1) is 12.7 Å². The quantitative estimate of drug-likeness (QED) is 0.849. The Hall–Kier alpha value is -1.91. The molecule has 0 spiro atoms. The first-order chi connectivity index (χ1) is 9.98. The molecule has 5 heteroatoms. The highest BCUT2D eigenvalue weighted by atomic mass is 19.1. The standard InChI is InChI=1S/C16H20FNO3/c1-3-16(15(20)21)13(9-17)10-18(14(16)19)11(2)12-7-5-4-6-8-12/h4-8,11,13H,3,9-10H2,1-2H3,(H,20,21)/t11-,13+,16-/m1/s1. The Kier molecular flexibility index (Phi) is 4.30. The van der Waals surface area contributed by atoms with Crippen molar-refractivity contribution in [3.05, 3.63) is 35.9 Å². The monoisotopic (exact) mass is 293 g/mol. The largest absolute Gasteiger partial charge is 0.480 e. The summed E-state index contributed by atoms with van der Waals surface area (Å²) in [4.78, 5) is 25.8. The SMILES string of the molecule is CC[C@]1(C(=O)O)C(=O)N([C@H](C)c2ccccc2)C[C@@H]1CF. The van der Waals surface area contributed by atoms with Crippen molar-refractivity contribution in [2.24, 2.45) is 11.3 Å². The van der Waals surface area contributed by atoms with Gasteiger partial charge in [0.25, 0.3) is 0 Å². The minimum atomic E-state index is -1.63. The zero-order chi connectivity index (χ0) is 15.6. The van der Waals surface area contributed by atoms with Crippen LogP contribution in [0.4, 0.5) is 4.39 Å². The van der Waals surface area contributed by atoms with Gasteiger partial charge in [-0.1, -0.05) is 37.3 Å². The number of carbonyl (C=O) groups excluding carboxylic acids is 1. The molecule has 0 bridgehead atoms. The van der Waals surface area contributed by atoms with E-state index in [0.29, 0.717) is 0 Å². The first-order valence-corrected chi connectivity index (χ1v) is 7.14. The van der Waals surface area contributed by atoms with Crippen LogP contribution >= 0.6 is 0 Å². The second-order valence-electron chi connectivity index (χ2n) is 5.53. The molecule has 1 aliphatic heterocycles. The minimum Gasteiger partial charge on any atom is -0.480 e. The molecular formula is C16H20FNO3. The maximum atomic E-state index is 13.3. The van der Waals surface area contributed by atoms with Gasteiger partial charge in [-0.05, 0) is 18.9 Å². The van der Waals surface area contributed by atoms with Crippen molar-refractivity contribution in [1.82, 2.24) is 4.90 Å². The van der Waals surface area contributed by atoms with Gasteiger partial charge in [-0.25, -0.2) is 0 Å². The molecule has 1 amide bonds. The van der Waals surface area contributed by atoms with Gasteiger partial charge in [-0.15, -0.1) is 0 Å². The third-order valence-electron chi connectivity index (χ3n) is 4.63. The maximum Gasteiger partial charge on any atom is 0.319 e. The lowest BCUT2D eigenvalue weighted by atomic mass is 9.76. The number of halogens is 1. The molecule has 1 aromatic rings. The maximum absolute atomic E-state index is 13.3. The van der Waals surface area contributed by atoms with E-state index in [9.17, 15) is 19.1 Å². The molecule has 4 nitrogen and oxygen atoms in total. The van der Waals surface area contributed by atoms with Crippen LogP contribution < -0.4 is 0 Å². The number of carboxylic acid groups (broad SMARTS) is 1. The fourth-order valence-electron chi connectivity index (χ4n) is 3.19. The Bertz CT molecular complexity index is 534. The lowest BCUT2D eigenvalue weighted by molar-refractivity contribution is -0.159. The molecule has 1 fully saturated rings. The second kappa shape index (κ2) is 5.84. The van der Waals surface area contributed by atoms with E-state index in [2.05, 4.69) is 0 Å². The molecule has 1 aliphatic rings. The van der Waals surface area contributed by atoms with Crippen LogP contribution in [0.15, 0.2) is 30.3 Å². The Morgan fingerprint density at radius 3 is 2.52 bits per heavy atom. The van der Waals surface area contributed by atoms with Crippen LogP contribution in [0.3, 0.4) is 0 Å². The zero-order valence-corrected chi connectivity index (χ0v) is 12.3. The van der Waals surface area contributed by atoms with Crippen LogP contribution in [-0.4, -0.2) is 35.1 Å². The second-order valence-corrected chi connectivity index (χ2v) is 5.53. The zero-order valence-electron chi connectivity index (χ0n) is 12.3. The van der Waals surface area contributed by atoms with Crippen molar-refractivity contribution in [2.75, 3.05) is 13.2 Å². The van der Waals surface area contributed by atoms with E-state index >= 15 is 0 Å². The molecule has 3 atom stereocenters. The highest BCUT2D eigenvalue weighted by molar-refractivity contribution is 6.04. The first kappa shape index (κ1) is 15.5. The molecule has 0 aliphatic carbocycles. The fraction of sp³-hybridized carbons (Fsp3) is 0.500. The van der Waals surface area contributed by atoms with Crippen molar-refractivity contribution in [2.45, 2.75) is 26.3 Å². The van der Waals surface area contributed by atoms with Gasteiger partial charge in [0.2, 0.25) is 5.91 Å².